The molecule has 0 aliphatic heterocycles. The van der Waals surface area contributed by atoms with Crippen molar-refractivity contribution in [3.8, 4) is 22.9 Å². The zero-order valence-electron chi connectivity index (χ0n) is 13.8. The molecule has 3 heterocycles. The Morgan fingerprint density at radius 2 is 1.50 bits per heavy atom. The number of nitrogens with zero attached hydrogens (tertiary/aromatic N) is 4. The summed E-state index contributed by atoms with van der Waals surface area (Å²) in [7, 11) is 0. The van der Waals surface area contributed by atoms with Gasteiger partial charge in [-0.25, -0.2) is 15.0 Å². The van der Waals surface area contributed by atoms with Gasteiger partial charge in [-0.1, -0.05) is 6.07 Å². The predicted octanol–water partition coefficient (Wildman–Crippen LogP) is 4.47. The molecule has 0 unspecified atom stereocenters. The predicted molar refractivity (Wildman–Crippen MR) is 99.3 cm³/mol. The summed E-state index contributed by atoms with van der Waals surface area (Å²) < 4.78 is 5.93. The molecule has 4 aromatic rings. The van der Waals surface area contributed by atoms with Gasteiger partial charge in [-0.3, -0.25) is 4.98 Å². The van der Waals surface area contributed by atoms with Crippen LogP contribution >= 0.6 is 0 Å². The lowest BCUT2D eigenvalue weighted by molar-refractivity contribution is 0.462. The van der Waals surface area contributed by atoms with E-state index < -0.39 is 0 Å². The van der Waals surface area contributed by atoms with Crippen molar-refractivity contribution in [2.75, 3.05) is 5.32 Å². The van der Waals surface area contributed by atoms with Gasteiger partial charge in [0, 0.05) is 42.2 Å². The first-order valence-electron chi connectivity index (χ1n) is 8.06. The Morgan fingerprint density at radius 1 is 0.692 bits per heavy atom. The minimum absolute atomic E-state index is 0.448. The van der Waals surface area contributed by atoms with Crippen molar-refractivity contribution >= 4 is 11.5 Å². The molecule has 3 aromatic heterocycles. The topological polar surface area (TPSA) is 72.8 Å². The molecule has 0 amide bonds. The van der Waals surface area contributed by atoms with Crippen LogP contribution in [0.1, 0.15) is 0 Å². The third-order valence-corrected chi connectivity index (χ3v) is 3.62. The Hall–Kier alpha value is -3.80. The largest absolute Gasteiger partial charge is 0.437 e. The first-order chi connectivity index (χ1) is 12.9. The molecule has 4 rings (SSSR count). The van der Waals surface area contributed by atoms with E-state index in [0.29, 0.717) is 17.3 Å². The summed E-state index contributed by atoms with van der Waals surface area (Å²) in [5.41, 5.74) is 2.49. The summed E-state index contributed by atoms with van der Waals surface area (Å²) in [6.07, 6.45) is 8.42. The average Bonchev–Trinajstić information content (AvgIpc) is 2.71. The number of benzene rings is 1. The lowest BCUT2D eigenvalue weighted by atomic mass is 10.2. The number of pyridine rings is 2. The van der Waals surface area contributed by atoms with Crippen molar-refractivity contribution in [3.63, 3.8) is 0 Å². The van der Waals surface area contributed by atoms with E-state index >= 15 is 0 Å². The fourth-order valence-corrected chi connectivity index (χ4v) is 2.41. The van der Waals surface area contributed by atoms with Gasteiger partial charge >= 0.3 is 0 Å². The summed E-state index contributed by atoms with van der Waals surface area (Å²) in [5.74, 6) is 1.91. The van der Waals surface area contributed by atoms with Crippen LogP contribution in [0.5, 0.6) is 11.6 Å². The van der Waals surface area contributed by atoms with Crippen LogP contribution in [-0.2, 0) is 0 Å². The molecule has 1 aromatic carbocycles. The van der Waals surface area contributed by atoms with Gasteiger partial charge < -0.3 is 10.1 Å². The molecule has 0 aliphatic carbocycles. The molecule has 26 heavy (non-hydrogen) atoms. The number of hydrogen-bond acceptors (Lipinski definition) is 6. The maximum atomic E-state index is 5.93. The third-order valence-electron chi connectivity index (χ3n) is 3.62. The quantitative estimate of drug-likeness (QED) is 0.577. The number of hydrogen-bond donors (Lipinski definition) is 1. The molecule has 0 atom stereocenters. The number of anilines is 2. The second-order valence-corrected chi connectivity index (χ2v) is 5.41. The van der Waals surface area contributed by atoms with E-state index in [0.717, 1.165) is 17.1 Å². The van der Waals surface area contributed by atoms with Crippen molar-refractivity contribution in [3.05, 3.63) is 85.6 Å². The van der Waals surface area contributed by atoms with Crippen LogP contribution in [0.4, 0.5) is 11.5 Å². The minimum Gasteiger partial charge on any atom is -0.437 e. The molecule has 126 valence electrons. The van der Waals surface area contributed by atoms with Gasteiger partial charge in [0.25, 0.3) is 0 Å². The van der Waals surface area contributed by atoms with Crippen LogP contribution in [0.15, 0.2) is 85.6 Å². The van der Waals surface area contributed by atoms with E-state index in [1.165, 1.54) is 0 Å². The SMILES string of the molecule is c1ccc(Nc2ccc(Oc3nccnc3-c3ccncc3)cc2)nc1. The molecule has 1 N–H and O–H groups in total. The fraction of sp³-hybridized carbons (Fsp3) is 0. The van der Waals surface area contributed by atoms with Crippen LogP contribution in [0, 0.1) is 0 Å². The second kappa shape index (κ2) is 7.40. The first-order valence-corrected chi connectivity index (χ1v) is 8.06. The zero-order valence-corrected chi connectivity index (χ0v) is 13.8. The number of aromatic nitrogens is 4. The van der Waals surface area contributed by atoms with E-state index in [-0.39, 0.29) is 0 Å². The molecule has 6 nitrogen and oxygen atoms in total. The van der Waals surface area contributed by atoms with Crippen LogP contribution < -0.4 is 10.1 Å². The average molecular weight is 341 g/mol. The van der Waals surface area contributed by atoms with Crippen LogP contribution in [0.25, 0.3) is 11.3 Å². The summed E-state index contributed by atoms with van der Waals surface area (Å²) >= 11 is 0. The number of rotatable bonds is 5. The second-order valence-electron chi connectivity index (χ2n) is 5.41. The Bertz CT molecular complexity index is 976. The summed E-state index contributed by atoms with van der Waals surface area (Å²) in [4.78, 5) is 17.0. The van der Waals surface area contributed by atoms with E-state index in [1.807, 2.05) is 54.6 Å². The van der Waals surface area contributed by atoms with Gasteiger partial charge in [0.15, 0.2) is 0 Å². The standard InChI is InChI=1S/C20H15N5O/c1-2-10-22-18(3-1)25-16-4-6-17(7-5-16)26-20-19(23-13-14-24-20)15-8-11-21-12-9-15/h1-14H,(H,22,25). The normalized spacial score (nSPS) is 10.3. The highest BCUT2D eigenvalue weighted by Gasteiger charge is 2.10. The minimum atomic E-state index is 0.448. The van der Waals surface area contributed by atoms with E-state index in [4.69, 9.17) is 4.74 Å². The third kappa shape index (κ3) is 3.64. The maximum absolute atomic E-state index is 5.93. The van der Waals surface area contributed by atoms with Gasteiger partial charge in [-0.15, -0.1) is 0 Å². The van der Waals surface area contributed by atoms with Gasteiger partial charge in [0.2, 0.25) is 5.88 Å². The van der Waals surface area contributed by atoms with E-state index in [2.05, 4.69) is 25.3 Å². The summed E-state index contributed by atoms with van der Waals surface area (Å²) in [5, 5.41) is 3.23. The van der Waals surface area contributed by atoms with Crippen molar-refractivity contribution in [2.24, 2.45) is 0 Å². The van der Waals surface area contributed by atoms with Crippen LogP contribution in [0.2, 0.25) is 0 Å². The van der Waals surface area contributed by atoms with Gasteiger partial charge in [0.05, 0.1) is 0 Å². The highest BCUT2D eigenvalue weighted by atomic mass is 16.5. The Balaban J connectivity index is 1.53. The lowest BCUT2D eigenvalue weighted by Gasteiger charge is -2.10. The molecule has 6 heteroatoms. The Labute approximate surface area is 150 Å². The maximum Gasteiger partial charge on any atom is 0.246 e. The fourth-order valence-electron chi connectivity index (χ4n) is 2.41. The van der Waals surface area contributed by atoms with Crippen molar-refractivity contribution in [2.45, 2.75) is 0 Å². The van der Waals surface area contributed by atoms with Crippen LogP contribution in [0.3, 0.4) is 0 Å². The van der Waals surface area contributed by atoms with Crippen LogP contribution in [-0.4, -0.2) is 19.9 Å². The lowest BCUT2D eigenvalue weighted by Crippen LogP contribution is -1.95. The highest BCUT2D eigenvalue weighted by Crippen LogP contribution is 2.29. The van der Waals surface area contributed by atoms with Crippen molar-refractivity contribution in [1.82, 2.24) is 19.9 Å². The molecule has 0 saturated carbocycles. The summed E-state index contributed by atoms with van der Waals surface area (Å²) in [6, 6.07) is 17.1. The number of ether oxygens (including phenoxy) is 1. The first kappa shape index (κ1) is 15.7. The molecule has 0 bridgehead atoms. The molecule has 0 radical (unpaired) electrons. The molecule has 0 fully saturated rings. The smallest absolute Gasteiger partial charge is 0.246 e. The molecular weight excluding hydrogens is 326 g/mol. The highest BCUT2D eigenvalue weighted by molar-refractivity contribution is 5.64. The van der Waals surface area contributed by atoms with Crippen molar-refractivity contribution in [1.29, 1.82) is 0 Å². The van der Waals surface area contributed by atoms with E-state index in [1.54, 1.807) is 31.0 Å². The Morgan fingerprint density at radius 3 is 2.27 bits per heavy atom. The molecule has 0 spiro atoms. The number of nitrogens with one attached hydrogen (secondary N) is 1. The molecule has 0 saturated heterocycles. The van der Waals surface area contributed by atoms with Crippen molar-refractivity contribution < 1.29 is 4.74 Å². The summed E-state index contributed by atoms with van der Waals surface area (Å²) in [6.45, 7) is 0. The molecular formula is C20H15N5O. The Kier molecular flexibility index (Phi) is 4.47. The van der Waals surface area contributed by atoms with Gasteiger partial charge in [-0.05, 0) is 48.5 Å². The monoisotopic (exact) mass is 341 g/mol. The zero-order chi connectivity index (χ0) is 17.6. The van der Waals surface area contributed by atoms with E-state index in [9.17, 15) is 0 Å². The molecule has 0 aliphatic rings. The van der Waals surface area contributed by atoms with Gasteiger partial charge in [0.1, 0.15) is 17.3 Å². The van der Waals surface area contributed by atoms with Gasteiger partial charge in [-0.2, -0.15) is 0 Å².